The predicted octanol–water partition coefficient (Wildman–Crippen LogP) is 4.43. The molecule has 0 bridgehead atoms. The molecule has 2 nitrogen and oxygen atoms in total. The molecule has 1 aliphatic carbocycles. The fraction of sp³-hybridized carbons (Fsp3) is 0.400. The highest BCUT2D eigenvalue weighted by Gasteiger charge is 2.19. The van der Waals surface area contributed by atoms with E-state index in [0.29, 0.717) is 27.7 Å². The number of Topliss-reactive ketones (excluding diaryl/α,β-unsaturated/α-hetero) is 1. The summed E-state index contributed by atoms with van der Waals surface area (Å²) in [6.07, 6.45) is 4.97. The Morgan fingerprint density at radius 2 is 2.11 bits per heavy atom. The van der Waals surface area contributed by atoms with E-state index < -0.39 is 0 Å². The molecule has 1 heterocycles. The molecule has 4 heteroatoms. The van der Waals surface area contributed by atoms with Crippen molar-refractivity contribution in [1.82, 2.24) is 0 Å². The van der Waals surface area contributed by atoms with Crippen molar-refractivity contribution in [2.24, 2.45) is 0 Å². The molecular formula is C15H15FO2S. The second-order valence-corrected chi connectivity index (χ2v) is 6.22. The first kappa shape index (κ1) is 12.7. The summed E-state index contributed by atoms with van der Waals surface area (Å²) >= 11 is 1.72. The molecule has 0 saturated heterocycles. The molecule has 2 aromatic rings. The van der Waals surface area contributed by atoms with E-state index in [2.05, 4.69) is 0 Å². The Bertz CT molecular complexity index is 599. The molecule has 1 fully saturated rings. The van der Waals surface area contributed by atoms with Crippen molar-refractivity contribution in [1.29, 1.82) is 0 Å². The van der Waals surface area contributed by atoms with Gasteiger partial charge in [0, 0.05) is 10.6 Å². The highest BCUT2D eigenvalue weighted by atomic mass is 32.2. The second-order valence-electron chi connectivity index (χ2n) is 4.93. The van der Waals surface area contributed by atoms with Crippen molar-refractivity contribution >= 4 is 28.5 Å². The fourth-order valence-corrected chi connectivity index (χ4v) is 3.67. The molecule has 0 radical (unpaired) electrons. The Morgan fingerprint density at radius 3 is 2.89 bits per heavy atom. The first-order valence-electron chi connectivity index (χ1n) is 6.56. The Balaban J connectivity index is 1.70. The molecule has 0 spiro atoms. The zero-order valence-electron chi connectivity index (χ0n) is 10.5. The third-order valence-electron chi connectivity index (χ3n) is 3.51. The lowest BCUT2D eigenvalue weighted by molar-refractivity contribution is 0.0994. The lowest BCUT2D eigenvalue weighted by Gasteiger charge is -2.06. The maximum atomic E-state index is 13.1. The maximum Gasteiger partial charge on any atom is 0.207 e. The first-order chi connectivity index (χ1) is 9.22. The van der Waals surface area contributed by atoms with Crippen LogP contribution in [0.4, 0.5) is 4.39 Å². The molecular weight excluding hydrogens is 263 g/mol. The number of thioether (sulfide) groups is 1. The zero-order chi connectivity index (χ0) is 13.2. The molecule has 1 saturated carbocycles. The van der Waals surface area contributed by atoms with Crippen LogP contribution in [0.2, 0.25) is 0 Å². The Hall–Kier alpha value is -1.29. The molecule has 100 valence electrons. The summed E-state index contributed by atoms with van der Waals surface area (Å²) in [4.78, 5) is 12.0. The molecule has 1 aromatic carbocycles. The highest BCUT2D eigenvalue weighted by molar-refractivity contribution is 8.00. The molecule has 0 atom stereocenters. The van der Waals surface area contributed by atoms with E-state index in [9.17, 15) is 9.18 Å². The van der Waals surface area contributed by atoms with Crippen LogP contribution in [0.5, 0.6) is 0 Å². The van der Waals surface area contributed by atoms with E-state index in [4.69, 9.17) is 4.42 Å². The SMILES string of the molecule is O=C(CSC1CCCC1)c1cc2cc(F)ccc2o1. The van der Waals surface area contributed by atoms with E-state index in [0.717, 1.165) is 0 Å². The van der Waals surface area contributed by atoms with Crippen molar-refractivity contribution in [2.75, 3.05) is 5.75 Å². The van der Waals surface area contributed by atoms with Crippen molar-refractivity contribution in [2.45, 2.75) is 30.9 Å². The molecule has 1 aliphatic rings. The number of benzene rings is 1. The monoisotopic (exact) mass is 278 g/mol. The topological polar surface area (TPSA) is 30.2 Å². The van der Waals surface area contributed by atoms with Crippen LogP contribution < -0.4 is 0 Å². The number of rotatable bonds is 4. The fourth-order valence-electron chi connectivity index (χ4n) is 2.47. The zero-order valence-corrected chi connectivity index (χ0v) is 11.3. The third kappa shape index (κ3) is 2.84. The highest BCUT2D eigenvalue weighted by Crippen LogP contribution is 2.30. The van der Waals surface area contributed by atoms with E-state index in [-0.39, 0.29) is 11.6 Å². The lowest BCUT2D eigenvalue weighted by Crippen LogP contribution is -2.05. The van der Waals surface area contributed by atoms with Gasteiger partial charge in [-0.3, -0.25) is 4.79 Å². The molecule has 19 heavy (non-hydrogen) atoms. The van der Waals surface area contributed by atoms with Gasteiger partial charge in [-0.25, -0.2) is 4.39 Å². The van der Waals surface area contributed by atoms with Gasteiger partial charge in [-0.05, 0) is 37.1 Å². The van der Waals surface area contributed by atoms with E-state index in [1.807, 2.05) is 0 Å². The van der Waals surface area contributed by atoms with Gasteiger partial charge in [-0.1, -0.05) is 12.8 Å². The average Bonchev–Trinajstić information content (AvgIpc) is 3.04. The van der Waals surface area contributed by atoms with Crippen LogP contribution in [0.3, 0.4) is 0 Å². The van der Waals surface area contributed by atoms with Gasteiger partial charge >= 0.3 is 0 Å². The van der Waals surface area contributed by atoms with Crippen LogP contribution in [0.1, 0.15) is 36.2 Å². The number of carbonyl (C=O) groups excluding carboxylic acids is 1. The summed E-state index contributed by atoms with van der Waals surface area (Å²) in [5.74, 6) is 0.472. The lowest BCUT2D eigenvalue weighted by atomic mass is 10.2. The van der Waals surface area contributed by atoms with Crippen molar-refractivity contribution in [3.05, 3.63) is 35.8 Å². The van der Waals surface area contributed by atoms with E-state index >= 15 is 0 Å². The van der Waals surface area contributed by atoms with Crippen LogP contribution in [0.15, 0.2) is 28.7 Å². The molecule has 0 N–H and O–H groups in total. The standard InChI is InChI=1S/C15H15FO2S/c16-11-5-6-14-10(7-11)8-15(18-14)13(17)9-19-12-3-1-2-4-12/h5-8,12H,1-4,9H2. The van der Waals surface area contributed by atoms with Crippen LogP contribution in [0.25, 0.3) is 11.0 Å². The predicted molar refractivity (Wildman–Crippen MR) is 75.2 cm³/mol. The van der Waals surface area contributed by atoms with Crippen molar-refractivity contribution in [3.8, 4) is 0 Å². The van der Waals surface area contributed by atoms with Gasteiger partial charge in [0.2, 0.25) is 5.78 Å². The van der Waals surface area contributed by atoms with Gasteiger partial charge in [0.15, 0.2) is 5.76 Å². The largest absolute Gasteiger partial charge is 0.453 e. The Morgan fingerprint density at radius 1 is 1.32 bits per heavy atom. The normalized spacial score (nSPS) is 16.3. The second kappa shape index (κ2) is 5.37. The van der Waals surface area contributed by atoms with Crippen LogP contribution in [-0.4, -0.2) is 16.8 Å². The molecule has 0 unspecified atom stereocenters. The Labute approximate surface area is 115 Å². The van der Waals surface area contributed by atoms with Crippen LogP contribution in [0, 0.1) is 5.82 Å². The molecule has 1 aromatic heterocycles. The average molecular weight is 278 g/mol. The van der Waals surface area contributed by atoms with Gasteiger partial charge in [-0.2, -0.15) is 11.8 Å². The summed E-state index contributed by atoms with van der Waals surface area (Å²) in [7, 11) is 0. The minimum Gasteiger partial charge on any atom is -0.453 e. The molecule has 0 aliphatic heterocycles. The van der Waals surface area contributed by atoms with Gasteiger partial charge < -0.3 is 4.42 Å². The minimum absolute atomic E-state index is 0.00601. The van der Waals surface area contributed by atoms with E-state index in [1.165, 1.54) is 37.8 Å². The van der Waals surface area contributed by atoms with E-state index in [1.54, 1.807) is 23.9 Å². The quantitative estimate of drug-likeness (QED) is 0.775. The molecule has 3 rings (SSSR count). The van der Waals surface area contributed by atoms with Crippen LogP contribution in [-0.2, 0) is 0 Å². The van der Waals surface area contributed by atoms with Crippen LogP contribution >= 0.6 is 11.8 Å². The number of furan rings is 1. The summed E-state index contributed by atoms with van der Waals surface area (Å²) in [6.45, 7) is 0. The van der Waals surface area contributed by atoms with Gasteiger partial charge in [0.25, 0.3) is 0 Å². The van der Waals surface area contributed by atoms with Crippen molar-refractivity contribution in [3.63, 3.8) is 0 Å². The summed E-state index contributed by atoms with van der Waals surface area (Å²) in [5, 5.41) is 1.26. The third-order valence-corrected chi connectivity index (χ3v) is 4.88. The number of fused-ring (bicyclic) bond motifs is 1. The minimum atomic E-state index is -0.312. The number of carbonyl (C=O) groups is 1. The van der Waals surface area contributed by atoms with Gasteiger partial charge in [0.1, 0.15) is 11.4 Å². The first-order valence-corrected chi connectivity index (χ1v) is 7.61. The van der Waals surface area contributed by atoms with Gasteiger partial charge in [0.05, 0.1) is 5.75 Å². The summed E-state index contributed by atoms with van der Waals surface area (Å²) < 4.78 is 18.5. The number of halogens is 1. The maximum absolute atomic E-state index is 13.1. The smallest absolute Gasteiger partial charge is 0.207 e. The number of hydrogen-bond acceptors (Lipinski definition) is 3. The molecule has 0 amide bonds. The Kier molecular flexibility index (Phi) is 3.60. The number of ketones is 1. The number of hydrogen-bond donors (Lipinski definition) is 0. The summed E-state index contributed by atoms with van der Waals surface area (Å²) in [6, 6.07) is 5.93. The van der Waals surface area contributed by atoms with Crippen molar-refractivity contribution < 1.29 is 13.6 Å². The van der Waals surface area contributed by atoms with Gasteiger partial charge in [-0.15, -0.1) is 0 Å². The summed E-state index contributed by atoms with van der Waals surface area (Å²) in [5.41, 5.74) is 0.565.